The van der Waals surface area contributed by atoms with Gasteiger partial charge in [0.25, 0.3) is 0 Å². The summed E-state index contributed by atoms with van der Waals surface area (Å²) in [7, 11) is 0. The highest BCUT2D eigenvalue weighted by Crippen LogP contribution is 2.45. The van der Waals surface area contributed by atoms with Gasteiger partial charge in [0.1, 0.15) is 11.2 Å². The number of rotatable bonds is 3. The quantitative estimate of drug-likeness (QED) is 0.898. The summed E-state index contributed by atoms with van der Waals surface area (Å²) in [6, 6.07) is 8.12. The van der Waals surface area contributed by atoms with Crippen molar-refractivity contribution in [3.63, 3.8) is 0 Å². The number of hydrogen-bond acceptors (Lipinski definition) is 3. The number of nitrogens with zero attached hydrogens (tertiary/aromatic N) is 1. The predicted molar refractivity (Wildman–Crippen MR) is 69.4 cm³/mol. The fourth-order valence-electron chi connectivity index (χ4n) is 2.39. The van der Waals surface area contributed by atoms with E-state index in [0.29, 0.717) is 19.4 Å². The lowest BCUT2D eigenvalue weighted by Crippen LogP contribution is -2.30. The third kappa shape index (κ3) is 2.28. The van der Waals surface area contributed by atoms with Gasteiger partial charge in [-0.05, 0) is 42.9 Å². The van der Waals surface area contributed by atoms with Crippen LogP contribution in [0.5, 0.6) is 5.75 Å². The van der Waals surface area contributed by atoms with Crippen LogP contribution in [-0.2, 0) is 17.8 Å². The van der Waals surface area contributed by atoms with Gasteiger partial charge in [-0.3, -0.25) is 4.79 Å². The zero-order chi connectivity index (χ0) is 13.3. The van der Waals surface area contributed by atoms with Crippen LogP contribution in [0.15, 0.2) is 18.2 Å². The molecule has 0 saturated heterocycles. The van der Waals surface area contributed by atoms with Crippen molar-refractivity contribution in [2.45, 2.75) is 32.2 Å². The molecule has 0 radical (unpaired) electrons. The van der Waals surface area contributed by atoms with E-state index in [1.54, 1.807) is 0 Å². The van der Waals surface area contributed by atoms with Crippen molar-refractivity contribution in [1.82, 2.24) is 5.32 Å². The number of amides is 1. The summed E-state index contributed by atoms with van der Waals surface area (Å²) in [5, 5.41) is 11.8. The minimum Gasteiger partial charge on any atom is -0.493 e. The predicted octanol–water partition coefficient (Wildman–Crippen LogP) is 1.93. The van der Waals surface area contributed by atoms with Gasteiger partial charge in [0.2, 0.25) is 5.91 Å². The number of ether oxygens (including phenoxy) is 1. The first-order valence-electron chi connectivity index (χ1n) is 6.68. The average molecular weight is 256 g/mol. The summed E-state index contributed by atoms with van der Waals surface area (Å²) >= 11 is 0. The number of carbonyl (C=O) groups excluding carboxylic acids is 1. The number of nitrogens with one attached hydrogen (secondary N) is 1. The normalized spacial score (nSPS) is 18.7. The molecular weight excluding hydrogens is 240 g/mol. The second-order valence-electron chi connectivity index (χ2n) is 5.27. The molecule has 3 rings (SSSR count). The second kappa shape index (κ2) is 4.58. The lowest BCUT2D eigenvalue weighted by molar-refractivity contribution is -0.124. The minimum absolute atomic E-state index is 0.135. The Bertz CT molecular complexity index is 556. The molecular formula is C15H16N2O2. The van der Waals surface area contributed by atoms with E-state index in [2.05, 4.69) is 17.5 Å². The van der Waals surface area contributed by atoms with E-state index in [1.165, 1.54) is 5.56 Å². The standard InChI is InChI=1S/C15H16N2O2/c16-10-15(5-6-15)14(18)17-9-11-3-4-13-12(8-11)2-1-7-19-13/h3-4,8H,1-2,5-7,9H2,(H,17,18). The van der Waals surface area contributed by atoms with Crippen LogP contribution < -0.4 is 10.1 Å². The summed E-state index contributed by atoms with van der Waals surface area (Å²) in [5.74, 6) is 0.820. The highest BCUT2D eigenvalue weighted by Gasteiger charge is 2.50. The van der Waals surface area contributed by atoms with Gasteiger partial charge in [-0.15, -0.1) is 0 Å². The lowest BCUT2D eigenvalue weighted by Gasteiger charge is -2.18. The zero-order valence-corrected chi connectivity index (χ0v) is 10.7. The van der Waals surface area contributed by atoms with E-state index in [4.69, 9.17) is 10.00 Å². The van der Waals surface area contributed by atoms with Crippen LogP contribution in [0.4, 0.5) is 0 Å². The molecule has 1 aromatic carbocycles. The van der Waals surface area contributed by atoms with Crippen molar-refractivity contribution >= 4 is 5.91 Å². The largest absolute Gasteiger partial charge is 0.493 e. The van der Waals surface area contributed by atoms with Crippen LogP contribution in [0.25, 0.3) is 0 Å². The minimum atomic E-state index is -0.739. The van der Waals surface area contributed by atoms with Gasteiger partial charge in [0.05, 0.1) is 12.7 Å². The number of nitriles is 1. The Morgan fingerprint density at radius 1 is 1.47 bits per heavy atom. The van der Waals surface area contributed by atoms with Gasteiger partial charge >= 0.3 is 0 Å². The molecule has 0 unspecified atom stereocenters. The third-order valence-corrected chi connectivity index (χ3v) is 3.82. The molecule has 4 nitrogen and oxygen atoms in total. The summed E-state index contributed by atoms with van der Waals surface area (Å²) in [4.78, 5) is 11.9. The SMILES string of the molecule is N#CC1(C(=O)NCc2ccc3c(c2)CCCO3)CC1. The molecule has 1 heterocycles. The maximum absolute atomic E-state index is 11.9. The maximum atomic E-state index is 11.9. The highest BCUT2D eigenvalue weighted by molar-refractivity contribution is 5.88. The molecule has 1 aliphatic heterocycles. The molecule has 0 bridgehead atoms. The molecule has 1 N–H and O–H groups in total. The van der Waals surface area contributed by atoms with Crippen molar-refractivity contribution in [3.8, 4) is 11.8 Å². The molecule has 1 fully saturated rings. The molecule has 1 amide bonds. The van der Waals surface area contributed by atoms with Crippen LogP contribution in [0.2, 0.25) is 0 Å². The van der Waals surface area contributed by atoms with E-state index in [-0.39, 0.29) is 5.91 Å². The van der Waals surface area contributed by atoms with Crippen molar-refractivity contribution < 1.29 is 9.53 Å². The van der Waals surface area contributed by atoms with Crippen LogP contribution >= 0.6 is 0 Å². The Labute approximate surface area is 112 Å². The molecule has 1 saturated carbocycles. The first-order valence-corrected chi connectivity index (χ1v) is 6.68. The van der Waals surface area contributed by atoms with Crippen molar-refractivity contribution in [3.05, 3.63) is 29.3 Å². The Balaban J connectivity index is 1.64. The van der Waals surface area contributed by atoms with Crippen molar-refractivity contribution in [1.29, 1.82) is 5.26 Å². The number of aryl methyl sites for hydroxylation is 1. The van der Waals surface area contributed by atoms with E-state index in [1.807, 2.05) is 12.1 Å². The van der Waals surface area contributed by atoms with Crippen LogP contribution in [0.3, 0.4) is 0 Å². The summed E-state index contributed by atoms with van der Waals surface area (Å²) in [6.07, 6.45) is 3.44. The smallest absolute Gasteiger partial charge is 0.240 e. The van der Waals surface area contributed by atoms with Crippen molar-refractivity contribution in [2.75, 3.05) is 6.61 Å². The van der Waals surface area contributed by atoms with E-state index in [9.17, 15) is 4.79 Å². The van der Waals surface area contributed by atoms with Gasteiger partial charge in [-0.25, -0.2) is 0 Å². The first-order chi connectivity index (χ1) is 9.23. The monoisotopic (exact) mass is 256 g/mol. The first kappa shape index (κ1) is 12.0. The fraction of sp³-hybridized carbons (Fsp3) is 0.467. The molecule has 1 aromatic rings. The maximum Gasteiger partial charge on any atom is 0.240 e. The highest BCUT2D eigenvalue weighted by atomic mass is 16.5. The summed E-state index contributed by atoms with van der Waals surface area (Å²) < 4.78 is 5.56. The van der Waals surface area contributed by atoms with Gasteiger partial charge < -0.3 is 10.1 Å². The second-order valence-corrected chi connectivity index (χ2v) is 5.27. The van der Waals surface area contributed by atoms with Gasteiger partial charge in [0, 0.05) is 6.54 Å². The number of fused-ring (bicyclic) bond motifs is 1. The van der Waals surface area contributed by atoms with E-state index < -0.39 is 5.41 Å². The Morgan fingerprint density at radius 2 is 2.32 bits per heavy atom. The molecule has 0 atom stereocenters. The lowest BCUT2D eigenvalue weighted by atomic mass is 10.0. The molecule has 1 aliphatic carbocycles. The summed E-state index contributed by atoms with van der Waals surface area (Å²) in [5.41, 5.74) is 1.53. The fourth-order valence-corrected chi connectivity index (χ4v) is 2.39. The third-order valence-electron chi connectivity index (χ3n) is 3.82. The van der Waals surface area contributed by atoms with Gasteiger partial charge in [-0.2, -0.15) is 5.26 Å². The number of benzene rings is 1. The Morgan fingerprint density at radius 3 is 3.05 bits per heavy atom. The molecule has 2 aliphatic rings. The molecule has 4 heteroatoms. The molecule has 98 valence electrons. The van der Waals surface area contributed by atoms with Gasteiger partial charge in [-0.1, -0.05) is 12.1 Å². The van der Waals surface area contributed by atoms with Crippen molar-refractivity contribution in [2.24, 2.45) is 5.41 Å². The zero-order valence-electron chi connectivity index (χ0n) is 10.7. The summed E-state index contributed by atoms with van der Waals surface area (Å²) in [6.45, 7) is 1.27. The molecule has 19 heavy (non-hydrogen) atoms. The topological polar surface area (TPSA) is 62.1 Å². The molecule has 0 aromatic heterocycles. The van der Waals surface area contributed by atoms with Crippen LogP contribution in [0, 0.1) is 16.7 Å². The van der Waals surface area contributed by atoms with Gasteiger partial charge in [0.15, 0.2) is 0 Å². The van der Waals surface area contributed by atoms with Crippen LogP contribution in [0.1, 0.15) is 30.4 Å². The van der Waals surface area contributed by atoms with E-state index >= 15 is 0 Å². The van der Waals surface area contributed by atoms with Crippen LogP contribution in [-0.4, -0.2) is 12.5 Å². The van der Waals surface area contributed by atoms with E-state index in [0.717, 1.165) is 30.8 Å². The average Bonchev–Trinajstić information content (AvgIpc) is 3.25. The number of carbonyl (C=O) groups is 1. The Hall–Kier alpha value is -2.02. The number of hydrogen-bond donors (Lipinski definition) is 1. The molecule has 0 spiro atoms. The Kier molecular flexibility index (Phi) is 2.90.